The molecule has 0 bridgehead atoms. The number of aliphatic hydroxyl groups is 3. The second-order valence-electron chi connectivity index (χ2n) is 4.34. The molecule has 8 nitrogen and oxygen atoms in total. The van der Waals surface area contributed by atoms with Crippen LogP contribution < -0.4 is 11.2 Å². The van der Waals surface area contributed by atoms with Crippen LogP contribution in [-0.2, 0) is 4.74 Å². The SMILES string of the molecule is C=C(F)c1cn(C2O[C@H](CO)[C@@H](O)[C@@H]2O)c(=O)[nH]c1=O. The largest absolute Gasteiger partial charge is 0.394 e. The summed E-state index contributed by atoms with van der Waals surface area (Å²) in [6.45, 7) is 2.38. The van der Waals surface area contributed by atoms with Crippen LogP contribution in [0, 0.1) is 0 Å². The Morgan fingerprint density at radius 2 is 2.10 bits per heavy atom. The molecule has 0 aromatic carbocycles. The monoisotopic (exact) mass is 288 g/mol. The first-order valence-corrected chi connectivity index (χ1v) is 5.69. The number of H-pyrrole nitrogens is 1. The van der Waals surface area contributed by atoms with Gasteiger partial charge in [-0.25, -0.2) is 9.18 Å². The highest BCUT2D eigenvalue weighted by atomic mass is 19.1. The third-order valence-electron chi connectivity index (χ3n) is 3.05. The molecule has 1 aromatic heterocycles. The van der Waals surface area contributed by atoms with E-state index in [2.05, 4.69) is 6.58 Å². The van der Waals surface area contributed by atoms with Gasteiger partial charge in [0.05, 0.1) is 12.2 Å². The molecule has 1 aromatic rings. The van der Waals surface area contributed by atoms with Crippen molar-refractivity contribution < 1.29 is 24.4 Å². The highest BCUT2D eigenvalue weighted by Gasteiger charge is 2.43. The van der Waals surface area contributed by atoms with E-state index in [0.29, 0.717) is 0 Å². The molecule has 1 fully saturated rings. The zero-order valence-corrected chi connectivity index (χ0v) is 10.2. The third kappa shape index (κ3) is 2.31. The zero-order chi connectivity index (χ0) is 15.0. The van der Waals surface area contributed by atoms with Crippen molar-refractivity contribution in [3.63, 3.8) is 0 Å². The van der Waals surface area contributed by atoms with Gasteiger partial charge in [-0.3, -0.25) is 14.3 Å². The number of halogens is 1. The van der Waals surface area contributed by atoms with Gasteiger partial charge in [0, 0.05) is 6.20 Å². The maximum Gasteiger partial charge on any atom is 0.330 e. The molecule has 4 atom stereocenters. The summed E-state index contributed by atoms with van der Waals surface area (Å²) < 4.78 is 18.9. The van der Waals surface area contributed by atoms with Gasteiger partial charge in [0.15, 0.2) is 6.23 Å². The Morgan fingerprint density at radius 1 is 1.45 bits per heavy atom. The van der Waals surface area contributed by atoms with Crippen LogP contribution in [0.4, 0.5) is 4.39 Å². The van der Waals surface area contributed by atoms with E-state index in [1.807, 2.05) is 4.98 Å². The van der Waals surface area contributed by atoms with Gasteiger partial charge in [-0.1, -0.05) is 6.58 Å². The average Bonchev–Trinajstić information content (AvgIpc) is 2.66. The van der Waals surface area contributed by atoms with Crippen LogP contribution in [0.25, 0.3) is 5.83 Å². The Labute approximate surface area is 111 Å². The van der Waals surface area contributed by atoms with E-state index in [1.54, 1.807) is 0 Å². The molecule has 0 aliphatic carbocycles. The molecule has 1 aliphatic rings. The summed E-state index contributed by atoms with van der Waals surface area (Å²) in [7, 11) is 0. The molecule has 4 N–H and O–H groups in total. The van der Waals surface area contributed by atoms with E-state index in [0.717, 1.165) is 10.8 Å². The topological polar surface area (TPSA) is 125 Å². The maximum atomic E-state index is 13.1. The summed E-state index contributed by atoms with van der Waals surface area (Å²) in [5, 5.41) is 28.3. The first-order chi connectivity index (χ1) is 9.36. The van der Waals surface area contributed by atoms with E-state index >= 15 is 0 Å². The molecule has 9 heteroatoms. The van der Waals surface area contributed by atoms with Gasteiger partial charge < -0.3 is 20.1 Å². The lowest BCUT2D eigenvalue weighted by Gasteiger charge is -2.17. The first kappa shape index (κ1) is 14.6. The fraction of sp³-hybridized carbons (Fsp3) is 0.455. The molecule has 20 heavy (non-hydrogen) atoms. The standard InChI is InChI=1S/C11H13FN2O6/c1-4(12)5-2-14(11(19)13-9(5)18)10-8(17)7(16)6(3-15)20-10/h2,6-8,10,15-17H,1,3H2,(H,13,18,19)/t6-,7-,8+,10?/m1/s1. The number of hydrogen-bond donors (Lipinski definition) is 4. The molecular formula is C11H13FN2O6. The van der Waals surface area contributed by atoms with Crippen LogP contribution in [-0.4, -0.2) is 49.8 Å². The molecule has 1 unspecified atom stereocenters. The quantitative estimate of drug-likeness (QED) is 0.514. The van der Waals surface area contributed by atoms with Crippen LogP contribution in [0.3, 0.4) is 0 Å². The van der Waals surface area contributed by atoms with Gasteiger partial charge in [0.2, 0.25) is 0 Å². The van der Waals surface area contributed by atoms with E-state index in [-0.39, 0.29) is 0 Å². The number of aromatic amines is 1. The normalized spacial score (nSPS) is 29.6. The highest BCUT2D eigenvalue weighted by molar-refractivity contribution is 5.54. The van der Waals surface area contributed by atoms with Gasteiger partial charge in [-0.2, -0.15) is 0 Å². The van der Waals surface area contributed by atoms with Crippen LogP contribution in [0.2, 0.25) is 0 Å². The second kappa shape index (κ2) is 5.29. The van der Waals surface area contributed by atoms with Gasteiger partial charge in [-0.15, -0.1) is 0 Å². The van der Waals surface area contributed by atoms with Crippen molar-refractivity contribution in [3.8, 4) is 0 Å². The fourth-order valence-corrected chi connectivity index (χ4v) is 1.98. The molecule has 1 aliphatic heterocycles. The van der Waals surface area contributed by atoms with E-state index in [1.165, 1.54) is 0 Å². The van der Waals surface area contributed by atoms with Gasteiger partial charge in [0.25, 0.3) is 5.56 Å². The first-order valence-electron chi connectivity index (χ1n) is 5.69. The van der Waals surface area contributed by atoms with Crippen molar-refractivity contribution >= 4 is 5.83 Å². The summed E-state index contributed by atoms with van der Waals surface area (Å²) in [4.78, 5) is 24.9. The number of rotatable bonds is 3. The highest BCUT2D eigenvalue weighted by Crippen LogP contribution is 2.28. The third-order valence-corrected chi connectivity index (χ3v) is 3.05. The zero-order valence-electron chi connectivity index (χ0n) is 10.2. The predicted octanol–water partition coefficient (Wildman–Crippen LogP) is -1.91. The van der Waals surface area contributed by atoms with E-state index in [4.69, 9.17) is 9.84 Å². The molecule has 0 amide bonds. The molecule has 0 saturated carbocycles. The summed E-state index contributed by atoms with van der Waals surface area (Å²) in [6, 6.07) is 0. The van der Waals surface area contributed by atoms with Gasteiger partial charge >= 0.3 is 5.69 Å². The second-order valence-corrected chi connectivity index (χ2v) is 4.34. The lowest BCUT2D eigenvalue weighted by molar-refractivity contribution is -0.0550. The summed E-state index contributed by atoms with van der Waals surface area (Å²) in [6.07, 6.45) is -4.54. The van der Waals surface area contributed by atoms with E-state index < -0.39 is 53.8 Å². The van der Waals surface area contributed by atoms with Gasteiger partial charge in [0.1, 0.15) is 24.1 Å². The number of aliphatic hydroxyl groups excluding tert-OH is 3. The van der Waals surface area contributed by atoms with E-state index in [9.17, 15) is 24.2 Å². The molecule has 0 spiro atoms. The van der Waals surface area contributed by atoms with Gasteiger partial charge in [-0.05, 0) is 0 Å². The fourth-order valence-electron chi connectivity index (χ4n) is 1.98. The number of aromatic nitrogens is 2. The number of hydrogen-bond acceptors (Lipinski definition) is 6. The molecule has 2 heterocycles. The Bertz CT molecular complexity index is 639. The number of nitrogens with one attached hydrogen (secondary N) is 1. The van der Waals surface area contributed by atoms with Crippen molar-refractivity contribution in [3.05, 3.63) is 39.2 Å². The molecule has 2 rings (SSSR count). The summed E-state index contributed by atoms with van der Waals surface area (Å²) in [5.74, 6) is -1.06. The van der Waals surface area contributed by atoms with Crippen LogP contribution in [0.15, 0.2) is 22.4 Å². The van der Waals surface area contributed by atoms with Crippen LogP contribution in [0.1, 0.15) is 11.8 Å². The Morgan fingerprint density at radius 3 is 2.60 bits per heavy atom. The van der Waals surface area contributed by atoms with Crippen molar-refractivity contribution in [2.24, 2.45) is 0 Å². The molecule has 1 saturated heterocycles. The van der Waals surface area contributed by atoms with Crippen molar-refractivity contribution in [1.29, 1.82) is 0 Å². The summed E-state index contributed by atoms with van der Waals surface area (Å²) in [5.41, 5.74) is -2.41. The van der Waals surface area contributed by atoms with Crippen LogP contribution >= 0.6 is 0 Å². The minimum Gasteiger partial charge on any atom is -0.394 e. The number of ether oxygens (including phenoxy) is 1. The Balaban J connectivity index is 2.48. The Kier molecular flexibility index (Phi) is 3.86. The summed E-state index contributed by atoms with van der Waals surface area (Å²) >= 11 is 0. The number of nitrogens with zero attached hydrogens (tertiary/aromatic N) is 1. The molecule has 0 radical (unpaired) electrons. The average molecular weight is 288 g/mol. The van der Waals surface area contributed by atoms with Crippen molar-refractivity contribution in [2.75, 3.05) is 6.61 Å². The lowest BCUT2D eigenvalue weighted by atomic mass is 10.1. The minimum atomic E-state index is -1.52. The maximum absolute atomic E-state index is 13.1. The molecular weight excluding hydrogens is 275 g/mol. The predicted molar refractivity (Wildman–Crippen MR) is 64.5 cm³/mol. The Hall–Kier alpha value is -1.81. The molecule has 110 valence electrons. The smallest absolute Gasteiger partial charge is 0.330 e. The minimum absolute atomic E-state index is 0.498. The van der Waals surface area contributed by atoms with Crippen LogP contribution in [0.5, 0.6) is 0 Å². The van der Waals surface area contributed by atoms with Crippen molar-refractivity contribution in [2.45, 2.75) is 24.5 Å². The van der Waals surface area contributed by atoms with Crippen molar-refractivity contribution in [1.82, 2.24) is 9.55 Å². The lowest BCUT2D eigenvalue weighted by Crippen LogP contribution is -2.38.